The van der Waals surface area contributed by atoms with E-state index in [4.69, 9.17) is 14.3 Å². The maximum absolute atomic E-state index is 11.8. The van der Waals surface area contributed by atoms with Crippen molar-refractivity contribution in [2.45, 2.75) is 52.9 Å². The van der Waals surface area contributed by atoms with E-state index >= 15 is 0 Å². The average molecular weight is 237 g/mol. The highest BCUT2D eigenvalue weighted by atomic mass is 16.6. The third-order valence-electron chi connectivity index (χ3n) is 1.34. The van der Waals surface area contributed by atoms with Crippen LogP contribution < -0.4 is 0 Å². The van der Waals surface area contributed by atoms with Crippen LogP contribution >= 0.6 is 0 Å². The van der Waals surface area contributed by atoms with Gasteiger partial charge in [-0.3, -0.25) is 9.59 Å². The maximum Gasteiger partial charge on any atom is 0.307 e. The van der Waals surface area contributed by atoms with Crippen LogP contribution in [-0.2, 0) is 14.3 Å². The predicted molar refractivity (Wildman–Crippen MR) is 61.0 cm³/mol. The lowest BCUT2D eigenvalue weighted by atomic mass is 9.94. The molecule has 0 bridgehead atoms. The van der Waals surface area contributed by atoms with Crippen molar-refractivity contribution in [3.63, 3.8) is 0 Å². The second-order valence-corrected chi connectivity index (χ2v) is 4.30. The fourth-order valence-electron chi connectivity index (χ4n) is 0.922. The van der Waals surface area contributed by atoms with Crippen molar-refractivity contribution >= 4 is 11.9 Å². The van der Waals surface area contributed by atoms with Crippen LogP contribution in [0.25, 0.3) is 0 Å². The van der Waals surface area contributed by atoms with Gasteiger partial charge >= 0.3 is 11.9 Å². The Hall–Kier alpha value is -1.06. The summed E-state index contributed by atoms with van der Waals surface area (Å²) in [5, 5.41) is 9.24. The molecule has 0 spiro atoms. The van der Waals surface area contributed by atoms with Crippen molar-refractivity contribution in [1.29, 1.82) is 0 Å². The molecular weight excluding hydrogens is 208 g/mol. The Balaban J connectivity index is 5.87. The van der Waals surface area contributed by atoms with E-state index in [2.05, 4.69) is 0 Å². The second kappa shape index (κ2) is 5.87. The van der Waals surface area contributed by atoms with Crippen LogP contribution in [0.3, 0.4) is 0 Å². The molecule has 16 heavy (non-hydrogen) atoms. The smallest absolute Gasteiger partial charge is 0.307 e. The van der Waals surface area contributed by atoms with Crippen LogP contribution in [0.2, 0.25) is 0 Å². The second-order valence-electron chi connectivity index (χ2n) is 4.30. The lowest BCUT2D eigenvalue weighted by molar-refractivity contribution is -0.160. The highest BCUT2D eigenvalue weighted by molar-refractivity contribution is 5.78. The zero-order valence-electron chi connectivity index (χ0n) is 16.9. The number of aliphatic carboxylic acids is 1. The van der Waals surface area contributed by atoms with Crippen LogP contribution in [0.1, 0.15) is 56.9 Å². The Morgan fingerprint density at radius 1 is 1.56 bits per heavy atom. The molecule has 1 unspecified atom stereocenters. The highest BCUT2D eigenvalue weighted by Crippen LogP contribution is 2.18. The molecule has 0 aliphatic rings. The number of hydrogen-bond donors (Lipinski definition) is 1. The Kier molecular flexibility index (Phi) is 2.43. The number of esters is 1. The van der Waals surface area contributed by atoms with Crippen LogP contribution in [0.15, 0.2) is 0 Å². The molecule has 0 aromatic rings. The summed E-state index contributed by atoms with van der Waals surface area (Å²) in [6, 6.07) is 0. The van der Waals surface area contributed by atoms with Gasteiger partial charge in [0.1, 0.15) is 5.60 Å². The molecule has 0 aromatic heterocycles. The highest BCUT2D eigenvalue weighted by Gasteiger charge is 2.25. The van der Waals surface area contributed by atoms with E-state index in [0.29, 0.717) is 6.92 Å². The molecule has 0 aliphatic carbocycles. The number of carboxylic acids is 1. The minimum absolute atomic E-state index is 0.682. The van der Waals surface area contributed by atoms with Crippen molar-refractivity contribution in [3.05, 3.63) is 0 Å². The third-order valence-corrected chi connectivity index (χ3v) is 1.34. The minimum atomic E-state index is -3.37. The van der Waals surface area contributed by atoms with Gasteiger partial charge in [0.15, 0.2) is 0 Å². The quantitative estimate of drug-likeness (QED) is 0.746. The molecule has 0 aliphatic heterocycles. The first-order valence-electron chi connectivity index (χ1n) is 8.25. The normalized spacial score (nSPS) is 27.4. The van der Waals surface area contributed by atoms with Gasteiger partial charge in [0.2, 0.25) is 0 Å². The Morgan fingerprint density at radius 3 is 2.50 bits per heavy atom. The summed E-state index contributed by atoms with van der Waals surface area (Å²) in [6.45, 7) is 1.99. The predicted octanol–water partition coefficient (Wildman–Crippen LogP) is 2.47. The van der Waals surface area contributed by atoms with Crippen LogP contribution in [0.4, 0.5) is 0 Å². The number of hydrogen-bond acceptors (Lipinski definition) is 3. The Bertz CT molecular complexity index is 479. The number of carboxylic acid groups (broad SMARTS) is 1. The van der Waals surface area contributed by atoms with Gasteiger partial charge in [-0.15, -0.1) is 0 Å². The molecule has 0 amide bonds. The molecule has 0 rings (SSSR count). The van der Waals surface area contributed by atoms with Gasteiger partial charge in [-0.25, -0.2) is 0 Å². The molecule has 2 atom stereocenters. The molecule has 0 fully saturated rings. The third kappa shape index (κ3) is 7.26. The number of carbonyl (C=O) groups excluding carboxylic acids is 1. The lowest BCUT2D eigenvalue weighted by Gasteiger charge is -2.21. The van der Waals surface area contributed by atoms with Gasteiger partial charge in [0.25, 0.3) is 0 Å². The summed E-state index contributed by atoms with van der Waals surface area (Å²) >= 11 is 0. The number of carbonyl (C=O) groups is 2. The van der Waals surface area contributed by atoms with Crippen LogP contribution in [0.5, 0.6) is 0 Å². The van der Waals surface area contributed by atoms with Crippen molar-refractivity contribution in [3.8, 4) is 0 Å². The molecule has 0 saturated carbocycles. The van der Waals surface area contributed by atoms with E-state index in [1.807, 2.05) is 0 Å². The fraction of sp³-hybridized carbons (Fsp3) is 0.833. The first-order valence-corrected chi connectivity index (χ1v) is 4.75. The van der Waals surface area contributed by atoms with Crippen molar-refractivity contribution in [2.24, 2.45) is 11.8 Å². The molecule has 94 valence electrons. The molecule has 4 heteroatoms. The van der Waals surface area contributed by atoms with E-state index in [9.17, 15) is 14.7 Å². The molecule has 0 heterocycles. The van der Waals surface area contributed by atoms with Gasteiger partial charge in [-0.2, -0.15) is 0 Å². The molecule has 0 radical (unpaired) electrons. The topological polar surface area (TPSA) is 63.6 Å². The van der Waals surface area contributed by atoms with Crippen molar-refractivity contribution < 1.29 is 29.0 Å². The lowest BCUT2D eigenvalue weighted by Crippen LogP contribution is -2.27. The number of ether oxygens (including phenoxy) is 1. The zero-order valence-corrected chi connectivity index (χ0v) is 9.88. The summed E-state index contributed by atoms with van der Waals surface area (Å²) in [6.07, 6.45) is -4.59. The van der Waals surface area contributed by atoms with E-state index in [1.54, 1.807) is 0 Å². The fourth-order valence-corrected chi connectivity index (χ4v) is 0.922. The molecule has 1 N–H and O–H groups in total. The van der Waals surface area contributed by atoms with Crippen LogP contribution in [0, 0.1) is 11.8 Å². The summed E-state index contributed by atoms with van der Waals surface area (Å²) in [4.78, 5) is 23.3. The van der Waals surface area contributed by atoms with Crippen LogP contribution in [-0.4, -0.2) is 22.6 Å². The monoisotopic (exact) mass is 237 g/mol. The number of rotatable bonds is 5. The van der Waals surface area contributed by atoms with Crippen molar-refractivity contribution in [2.75, 3.05) is 0 Å². The summed E-state index contributed by atoms with van der Waals surface area (Å²) < 4.78 is 58.0. The average Bonchev–Trinajstić information content (AvgIpc) is 2.23. The van der Waals surface area contributed by atoms with Gasteiger partial charge in [0.05, 0.1) is 12.3 Å². The Morgan fingerprint density at radius 2 is 2.12 bits per heavy atom. The van der Waals surface area contributed by atoms with E-state index in [1.165, 1.54) is 20.8 Å². The molecular formula is C12H22O4. The van der Waals surface area contributed by atoms with E-state index in [0.717, 1.165) is 0 Å². The van der Waals surface area contributed by atoms with Gasteiger partial charge in [0, 0.05) is 9.60 Å². The zero-order chi connectivity index (χ0) is 19.1. The maximum atomic E-state index is 11.8. The largest absolute Gasteiger partial charge is 0.481 e. The molecule has 0 aromatic carbocycles. The van der Waals surface area contributed by atoms with Gasteiger partial charge < -0.3 is 9.84 Å². The van der Waals surface area contributed by atoms with Gasteiger partial charge in [-0.05, 0) is 33.0 Å². The van der Waals surface area contributed by atoms with E-state index < -0.39 is 49.0 Å². The molecule has 4 nitrogen and oxygen atoms in total. The molecule has 0 saturated heterocycles. The summed E-state index contributed by atoms with van der Waals surface area (Å²) in [7, 11) is 0. The SMILES string of the molecule is [2H]C([2H])([2H])C([2H])(C)C([2H])([2H])[C@@]([2H])(CC(=O)OC(C)(C)C)C(=O)O. The van der Waals surface area contributed by atoms with E-state index in [-0.39, 0.29) is 0 Å². The standard InChI is InChI=1S/C12H22O4/c1-8(2)6-9(11(14)15)7-10(13)16-12(3,4)5/h8-9H,6-7H2,1-5H3,(H,14,15)/t9-/m0/s1/i1D3,6D2,8D,9D/t8?,9-. The van der Waals surface area contributed by atoms with Gasteiger partial charge in [-0.1, -0.05) is 13.8 Å². The Labute approximate surface area is 107 Å². The first-order chi connectivity index (χ1) is 9.79. The first kappa shape index (κ1) is 6.62. The summed E-state index contributed by atoms with van der Waals surface area (Å²) in [5.74, 6) is -9.33. The summed E-state index contributed by atoms with van der Waals surface area (Å²) in [5.41, 5.74) is -0.989. The minimum Gasteiger partial charge on any atom is -0.481 e. The van der Waals surface area contributed by atoms with Crippen molar-refractivity contribution in [1.82, 2.24) is 0 Å².